The summed E-state index contributed by atoms with van der Waals surface area (Å²) in [6.07, 6.45) is 5.74. The fraction of sp³-hybridized carbons (Fsp3) is 1.00. The van der Waals surface area contributed by atoms with Crippen molar-refractivity contribution in [3.8, 4) is 0 Å². The Morgan fingerprint density at radius 3 is 2.80 bits per heavy atom. The van der Waals surface area contributed by atoms with E-state index >= 15 is 0 Å². The second-order valence-electron chi connectivity index (χ2n) is 7.27. The number of hydrogen-bond acceptors (Lipinski definition) is 3. The minimum Gasteiger partial charge on any atom is -0.377 e. The molecule has 1 heterocycles. The second-order valence-corrected chi connectivity index (χ2v) is 7.27. The van der Waals surface area contributed by atoms with Crippen molar-refractivity contribution in [3.63, 3.8) is 0 Å². The van der Waals surface area contributed by atoms with E-state index in [9.17, 15) is 0 Å². The topological polar surface area (TPSA) is 24.5 Å². The van der Waals surface area contributed by atoms with E-state index in [0.717, 1.165) is 30.9 Å². The Bertz CT molecular complexity index is 282. The van der Waals surface area contributed by atoms with E-state index in [-0.39, 0.29) is 0 Å². The van der Waals surface area contributed by atoms with Crippen molar-refractivity contribution in [3.05, 3.63) is 0 Å². The quantitative estimate of drug-likeness (QED) is 0.858. The standard InChI is InChI=1S/C17H34N2O/c1-13(2)15-6-7-17(18-4)16(10-15)12-19-8-5-9-20-14(3)11-19/h13-18H,5-12H2,1-4H3. The highest BCUT2D eigenvalue weighted by Crippen LogP contribution is 2.34. The Morgan fingerprint density at radius 2 is 2.10 bits per heavy atom. The molecule has 1 N–H and O–H groups in total. The van der Waals surface area contributed by atoms with Crippen LogP contribution < -0.4 is 5.32 Å². The SMILES string of the molecule is CNC1CCC(C(C)C)CC1CN1CCCOC(C)C1. The smallest absolute Gasteiger partial charge is 0.0673 e. The lowest BCUT2D eigenvalue weighted by atomic mass is 9.73. The largest absolute Gasteiger partial charge is 0.377 e. The van der Waals surface area contributed by atoms with E-state index < -0.39 is 0 Å². The van der Waals surface area contributed by atoms with E-state index in [2.05, 4.69) is 38.0 Å². The Morgan fingerprint density at radius 1 is 1.30 bits per heavy atom. The summed E-state index contributed by atoms with van der Waals surface area (Å²) in [6, 6.07) is 0.712. The van der Waals surface area contributed by atoms with Gasteiger partial charge in [-0.3, -0.25) is 0 Å². The van der Waals surface area contributed by atoms with Crippen LogP contribution in [-0.2, 0) is 4.74 Å². The van der Waals surface area contributed by atoms with Crippen LogP contribution in [0.3, 0.4) is 0 Å². The molecule has 0 bridgehead atoms. The summed E-state index contributed by atoms with van der Waals surface area (Å²) in [4.78, 5) is 2.65. The molecule has 3 heteroatoms. The molecule has 0 aromatic heterocycles. The van der Waals surface area contributed by atoms with Crippen LogP contribution in [0.5, 0.6) is 0 Å². The van der Waals surface area contributed by atoms with Gasteiger partial charge in [0.2, 0.25) is 0 Å². The van der Waals surface area contributed by atoms with Crippen LogP contribution >= 0.6 is 0 Å². The average molecular weight is 282 g/mol. The third-order valence-electron chi connectivity index (χ3n) is 5.37. The Balaban J connectivity index is 1.92. The van der Waals surface area contributed by atoms with Gasteiger partial charge in [-0.2, -0.15) is 0 Å². The zero-order valence-electron chi connectivity index (χ0n) is 13.9. The molecule has 2 rings (SSSR count). The molecule has 1 aliphatic carbocycles. The highest BCUT2D eigenvalue weighted by molar-refractivity contribution is 4.87. The van der Waals surface area contributed by atoms with Crippen LogP contribution in [0, 0.1) is 17.8 Å². The number of hydrogen-bond donors (Lipinski definition) is 1. The van der Waals surface area contributed by atoms with Crippen molar-refractivity contribution < 1.29 is 4.74 Å². The van der Waals surface area contributed by atoms with E-state index in [0.29, 0.717) is 12.1 Å². The molecule has 0 radical (unpaired) electrons. The van der Waals surface area contributed by atoms with Gasteiger partial charge in [-0.05, 0) is 57.4 Å². The molecule has 0 aromatic carbocycles. The lowest BCUT2D eigenvalue weighted by Crippen LogP contribution is -2.46. The summed E-state index contributed by atoms with van der Waals surface area (Å²) in [6.45, 7) is 11.5. The average Bonchev–Trinajstić information content (AvgIpc) is 2.63. The van der Waals surface area contributed by atoms with Crippen molar-refractivity contribution >= 4 is 0 Å². The first-order chi connectivity index (χ1) is 9.60. The fourth-order valence-electron chi connectivity index (χ4n) is 4.07. The number of nitrogens with one attached hydrogen (secondary N) is 1. The van der Waals surface area contributed by atoms with Crippen molar-refractivity contribution in [1.29, 1.82) is 0 Å². The number of rotatable bonds is 4. The maximum Gasteiger partial charge on any atom is 0.0673 e. The van der Waals surface area contributed by atoms with Crippen molar-refractivity contribution in [1.82, 2.24) is 10.2 Å². The summed E-state index contributed by atoms with van der Waals surface area (Å²) in [5, 5.41) is 3.57. The summed E-state index contributed by atoms with van der Waals surface area (Å²) < 4.78 is 5.78. The van der Waals surface area contributed by atoms with Crippen LogP contribution in [0.1, 0.15) is 46.5 Å². The first-order valence-electron chi connectivity index (χ1n) is 8.61. The van der Waals surface area contributed by atoms with Crippen molar-refractivity contribution in [2.24, 2.45) is 17.8 Å². The summed E-state index contributed by atoms with van der Waals surface area (Å²) in [7, 11) is 2.14. The normalized spacial score (nSPS) is 37.0. The lowest BCUT2D eigenvalue weighted by Gasteiger charge is -2.40. The van der Waals surface area contributed by atoms with Crippen molar-refractivity contribution in [2.45, 2.75) is 58.6 Å². The van der Waals surface area contributed by atoms with E-state index in [1.54, 1.807) is 0 Å². The van der Waals surface area contributed by atoms with Crippen LogP contribution in [0.4, 0.5) is 0 Å². The Labute approximate surface area is 125 Å². The summed E-state index contributed by atoms with van der Waals surface area (Å²) in [5.74, 6) is 2.57. The third-order valence-corrected chi connectivity index (χ3v) is 5.37. The van der Waals surface area contributed by atoms with Crippen LogP contribution in [0.25, 0.3) is 0 Å². The molecule has 4 atom stereocenters. The number of ether oxygens (including phenoxy) is 1. The lowest BCUT2D eigenvalue weighted by molar-refractivity contribution is 0.0596. The molecule has 0 aromatic rings. The zero-order valence-corrected chi connectivity index (χ0v) is 13.9. The van der Waals surface area contributed by atoms with Gasteiger partial charge in [0.25, 0.3) is 0 Å². The molecule has 2 aliphatic rings. The molecule has 0 spiro atoms. The third kappa shape index (κ3) is 4.44. The van der Waals surface area contributed by atoms with Gasteiger partial charge < -0.3 is 15.0 Å². The van der Waals surface area contributed by atoms with Gasteiger partial charge in [0.15, 0.2) is 0 Å². The second kappa shape index (κ2) is 7.77. The van der Waals surface area contributed by atoms with E-state index in [1.807, 2.05) is 0 Å². The van der Waals surface area contributed by atoms with Gasteiger partial charge in [-0.1, -0.05) is 13.8 Å². The predicted molar refractivity (Wildman–Crippen MR) is 85.0 cm³/mol. The molecule has 3 nitrogen and oxygen atoms in total. The van der Waals surface area contributed by atoms with Crippen LogP contribution in [0.15, 0.2) is 0 Å². The molecular weight excluding hydrogens is 248 g/mol. The summed E-state index contributed by atoms with van der Waals surface area (Å²) in [5.41, 5.74) is 0. The van der Waals surface area contributed by atoms with Gasteiger partial charge in [0.1, 0.15) is 0 Å². The monoisotopic (exact) mass is 282 g/mol. The van der Waals surface area contributed by atoms with Gasteiger partial charge in [-0.25, -0.2) is 0 Å². The minimum atomic E-state index is 0.398. The van der Waals surface area contributed by atoms with Gasteiger partial charge in [-0.15, -0.1) is 0 Å². The maximum absolute atomic E-state index is 5.78. The fourth-order valence-corrected chi connectivity index (χ4v) is 4.07. The van der Waals surface area contributed by atoms with Crippen molar-refractivity contribution in [2.75, 3.05) is 33.3 Å². The molecule has 1 saturated carbocycles. The highest BCUT2D eigenvalue weighted by Gasteiger charge is 2.32. The predicted octanol–water partition coefficient (Wildman–Crippen LogP) is 2.76. The maximum atomic E-state index is 5.78. The Kier molecular flexibility index (Phi) is 6.31. The molecular formula is C17H34N2O. The Hall–Kier alpha value is -0.120. The summed E-state index contributed by atoms with van der Waals surface area (Å²) >= 11 is 0. The molecule has 1 aliphatic heterocycles. The van der Waals surface area contributed by atoms with Crippen LogP contribution in [-0.4, -0.2) is 50.3 Å². The molecule has 0 amide bonds. The number of nitrogens with zero attached hydrogens (tertiary/aromatic N) is 1. The first-order valence-corrected chi connectivity index (χ1v) is 8.61. The van der Waals surface area contributed by atoms with E-state index in [1.165, 1.54) is 38.8 Å². The highest BCUT2D eigenvalue weighted by atomic mass is 16.5. The van der Waals surface area contributed by atoms with Gasteiger partial charge in [0, 0.05) is 32.3 Å². The molecule has 118 valence electrons. The van der Waals surface area contributed by atoms with Gasteiger partial charge >= 0.3 is 0 Å². The zero-order chi connectivity index (χ0) is 14.5. The van der Waals surface area contributed by atoms with E-state index in [4.69, 9.17) is 4.74 Å². The van der Waals surface area contributed by atoms with Crippen LogP contribution in [0.2, 0.25) is 0 Å². The molecule has 2 fully saturated rings. The molecule has 4 unspecified atom stereocenters. The molecule has 20 heavy (non-hydrogen) atoms. The molecule has 1 saturated heterocycles. The minimum absolute atomic E-state index is 0.398. The van der Waals surface area contributed by atoms with Gasteiger partial charge in [0.05, 0.1) is 6.10 Å². The first kappa shape index (κ1) is 16.3.